The van der Waals surface area contributed by atoms with Gasteiger partial charge in [0.1, 0.15) is 5.75 Å². The van der Waals surface area contributed by atoms with Crippen LogP contribution in [0.5, 0.6) is 5.75 Å². The maximum absolute atomic E-state index is 13.1. The van der Waals surface area contributed by atoms with Crippen LogP contribution in [0, 0.1) is 5.41 Å². The van der Waals surface area contributed by atoms with Crippen LogP contribution in [0.4, 0.5) is 0 Å². The maximum atomic E-state index is 13.1. The van der Waals surface area contributed by atoms with Crippen LogP contribution < -0.4 is 5.32 Å². The summed E-state index contributed by atoms with van der Waals surface area (Å²) in [5, 5.41) is 13.0. The highest BCUT2D eigenvalue weighted by Crippen LogP contribution is 2.46. The zero-order valence-corrected chi connectivity index (χ0v) is 17.1. The standard InChI is InChI=1S/C23H29NO4/c1-5-6-11-28-22(27)19-14(2)24-17-12-23(3,4)13-18(26)21(17)20(19)15-7-9-16(25)10-8-15/h7-10,20,24-25H,5-6,11-13H2,1-4H3. The monoisotopic (exact) mass is 383 g/mol. The quantitative estimate of drug-likeness (QED) is 0.584. The van der Waals surface area contributed by atoms with E-state index in [0.717, 1.165) is 36.2 Å². The number of rotatable bonds is 5. The molecular formula is C23H29NO4. The van der Waals surface area contributed by atoms with Crippen LogP contribution in [0.3, 0.4) is 0 Å². The number of aromatic hydroxyl groups is 1. The van der Waals surface area contributed by atoms with Crippen LogP contribution in [0.25, 0.3) is 0 Å². The van der Waals surface area contributed by atoms with Crippen molar-refractivity contribution in [2.45, 2.75) is 59.3 Å². The Balaban J connectivity index is 2.07. The molecule has 1 atom stereocenters. The van der Waals surface area contributed by atoms with Gasteiger partial charge in [-0.1, -0.05) is 39.3 Å². The van der Waals surface area contributed by atoms with Gasteiger partial charge in [0.2, 0.25) is 0 Å². The molecule has 0 bridgehead atoms. The zero-order valence-electron chi connectivity index (χ0n) is 17.1. The maximum Gasteiger partial charge on any atom is 0.336 e. The fourth-order valence-electron chi connectivity index (χ4n) is 4.09. The van der Waals surface area contributed by atoms with Crippen molar-refractivity contribution in [1.82, 2.24) is 5.32 Å². The van der Waals surface area contributed by atoms with Gasteiger partial charge in [-0.3, -0.25) is 4.79 Å². The molecule has 1 unspecified atom stereocenters. The van der Waals surface area contributed by atoms with Crippen molar-refractivity contribution in [3.8, 4) is 5.75 Å². The second-order valence-corrected chi connectivity index (χ2v) is 8.51. The molecule has 0 fully saturated rings. The third-order valence-corrected chi connectivity index (χ3v) is 5.42. The summed E-state index contributed by atoms with van der Waals surface area (Å²) in [6.07, 6.45) is 2.93. The third kappa shape index (κ3) is 3.98. The Bertz CT molecular complexity index is 846. The van der Waals surface area contributed by atoms with Crippen LogP contribution >= 0.6 is 0 Å². The molecular weight excluding hydrogens is 354 g/mol. The first-order valence-corrected chi connectivity index (χ1v) is 9.93. The number of esters is 1. The lowest BCUT2D eigenvalue weighted by atomic mass is 9.68. The number of dihydropyridines is 1. The van der Waals surface area contributed by atoms with Crippen molar-refractivity contribution in [2.75, 3.05) is 6.61 Å². The number of Topliss-reactive ketones (excluding diaryl/α,β-unsaturated/α-hetero) is 1. The Morgan fingerprint density at radius 2 is 1.93 bits per heavy atom. The molecule has 28 heavy (non-hydrogen) atoms. The second kappa shape index (κ2) is 7.82. The van der Waals surface area contributed by atoms with Gasteiger partial charge < -0.3 is 15.2 Å². The molecule has 0 spiro atoms. The summed E-state index contributed by atoms with van der Waals surface area (Å²) >= 11 is 0. The first-order valence-electron chi connectivity index (χ1n) is 9.93. The predicted octanol–water partition coefficient (Wildman–Crippen LogP) is 4.34. The molecule has 1 aromatic rings. The number of nitrogens with one attached hydrogen (secondary N) is 1. The Morgan fingerprint density at radius 3 is 2.57 bits per heavy atom. The van der Waals surface area contributed by atoms with Crippen molar-refractivity contribution in [3.63, 3.8) is 0 Å². The molecule has 0 amide bonds. The van der Waals surface area contributed by atoms with Gasteiger partial charge in [0.25, 0.3) is 0 Å². The summed E-state index contributed by atoms with van der Waals surface area (Å²) in [4.78, 5) is 26.0. The number of hydrogen-bond donors (Lipinski definition) is 2. The minimum Gasteiger partial charge on any atom is -0.508 e. The van der Waals surface area contributed by atoms with Gasteiger partial charge in [-0.25, -0.2) is 4.79 Å². The zero-order chi connectivity index (χ0) is 20.5. The molecule has 1 heterocycles. The molecule has 5 heteroatoms. The van der Waals surface area contributed by atoms with Gasteiger partial charge >= 0.3 is 5.97 Å². The number of phenolic OH excluding ortho intramolecular Hbond substituents is 1. The number of ketones is 1. The molecule has 150 valence electrons. The molecule has 0 radical (unpaired) electrons. The van der Waals surface area contributed by atoms with Crippen molar-refractivity contribution >= 4 is 11.8 Å². The van der Waals surface area contributed by atoms with Gasteiger partial charge in [-0.2, -0.15) is 0 Å². The van der Waals surface area contributed by atoms with Crippen molar-refractivity contribution in [2.24, 2.45) is 5.41 Å². The summed E-state index contributed by atoms with van der Waals surface area (Å²) in [5.41, 5.74) is 3.43. The average molecular weight is 383 g/mol. The molecule has 3 rings (SSSR count). The van der Waals surface area contributed by atoms with E-state index in [2.05, 4.69) is 19.2 Å². The summed E-state index contributed by atoms with van der Waals surface area (Å²) in [5.74, 6) is -0.658. The Kier molecular flexibility index (Phi) is 5.64. The third-order valence-electron chi connectivity index (χ3n) is 5.42. The van der Waals surface area contributed by atoms with Gasteiger partial charge in [-0.05, 0) is 42.9 Å². The molecule has 1 aromatic carbocycles. The topological polar surface area (TPSA) is 75.6 Å². The summed E-state index contributed by atoms with van der Waals surface area (Å²) in [7, 11) is 0. The van der Waals surface area contributed by atoms with Crippen molar-refractivity contribution in [1.29, 1.82) is 0 Å². The summed E-state index contributed by atoms with van der Waals surface area (Å²) in [6, 6.07) is 6.72. The lowest BCUT2D eigenvalue weighted by Gasteiger charge is -2.39. The number of carbonyl (C=O) groups is 2. The Hall–Kier alpha value is -2.56. The number of benzene rings is 1. The van der Waals surface area contributed by atoms with E-state index in [-0.39, 0.29) is 22.9 Å². The first-order chi connectivity index (χ1) is 13.2. The highest BCUT2D eigenvalue weighted by Gasteiger charge is 2.43. The number of hydrogen-bond acceptors (Lipinski definition) is 5. The number of carbonyl (C=O) groups excluding carboxylic acids is 2. The first kappa shape index (κ1) is 20.2. The van der Waals surface area contributed by atoms with Crippen LogP contribution in [0.1, 0.15) is 64.9 Å². The van der Waals surface area contributed by atoms with Crippen LogP contribution in [-0.4, -0.2) is 23.5 Å². The van der Waals surface area contributed by atoms with Crippen molar-refractivity contribution in [3.05, 3.63) is 52.4 Å². The molecule has 1 aliphatic carbocycles. The molecule has 0 saturated carbocycles. The Morgan fingerprint density at radius 1 is 1.25 bits per heavy atom. The van der Waals surface area contributed by atoms with E-state index in [1.165, 1.54) is 0 Å². The summed E-state index contributed by atoms with van der Waals surface area (Å²) < 4.78 is 5.50. The van der Waals surface area contributed by atoms with E-state index < -0.39 is 5.92 Å². The van der Waals surface area contributed by atoms with E-state index in [1.54, 1.807) is 24.3 Å². The lowest BCUT2D eigenvalue weighted by Crippen LogP contribution is -2.38. The molecule has 2 N–H and O–H groups in total. The van der Waals surface area contributed by atoms with Gasteiger partial charge in [-0.15, -0.1) is 0 Å². The van der Waals surface area contributed by atoms with E-state index in [0.29, 0.717) is 24.2 Å². The molecule has 0 aromatic heterocycles. The van der Waals surface area contributed by atoms with E-state index in [4.69, 9.17) is 4.74 Å². The fraction of sp³-hybridized carbons (Fsp3) is 0.478. The van der Waals surface area contributed by atoms with Gasteiger partial charge in [0.15, 0.2) is 5.78 Å². The second-order valence-electron chi connectivity index (χ2n) is 8.51. The fourth-order valence-corrected chi connectivity index (χ4v) is 4.09. The number of unbranched alkanes of at least 4 members (excludes halogenated alkanes) is 1. The predicted molar refractivity (Wildman–Crippen MR) is 108 cm³/mol. The Labute approximate surface area is 166 Å². The number of allylic oxidation sites excluding steroid dienone is 3. The molecule has 1 aliphatic heterocycles. The number of ether oxygens (including phenoxy) is 1. The minimum absolute atomic E-state index is 0.0585. The summed E-state index contributed by atoms with van der Waals surface area (Å²) in [6.45, 7) is 8.43. The highest BCUT2D eigenvalue weighted by molar-refractivity contribution is 6.04. The molecule has 0 saturated heterocycles. The van der Waals surface area contributed by atoms with Crippen LogP contribution in [0.2, 0.25) is 0 Å². The molecule has 2 aliphatic rings. The van der Waals surface area contributed by atoms with E-state index in [1.807, 2.05) is 13.8 Å². The van der Waals surface area contributed by atoms with Crippen LogP contribution in [-0.2, 0) is 14.3 Å². The average Bonchev–Trinajstić information content (AvgIpc) is 2.60. The lowest BCUT2D eigenvalue weighted by molar-refractivity contribution is -0.139. The smallest absolute Gasteiger partial charge is 0.336 e. The van der Waals surface area contributed by atoms with E-state index in [9.17, 15) is 14.7 Å². The largest absolute Gasteiger partial charge is 0.508 e. The van der Waals surface area contributed by atoms with Gasteiger partial charge in [0.05, 0.1) is 12.2 Å². The highest BCUT2D eigenvalue weighted by atomic mass is 16.5. The minimum atomic E-state index is -0.477. The normalized spacial score (nSPS) is 21.3. The number of phenols is 1. The SMILES string of the molecule is CCCCOC(=O)C1=C(C)NC2=C(C(=O)CC(C)(C)C2)C1c1ccc(O)cc1. The van der Waals surface area contributed by atoms with Crippen molar-refractivity contribution < 1.29 is 19.4 Å². The van der Waals surface area contributed by atoms with E-state index >= 15 is 0 Å². The van der Waals surface area contributed by atoms with Gasteiger partial charge in [0, 0.05) is 29.3 Å². The van der Waals surface area contributed by atoms with Crippen LogP contribution in [0.15, 0.2) is 46.8 Å². The molecule has 5 nitrogen and oxygen atoms in total.